The molecule has 2 aliphatic rings. The Morgan fingerprint density at radius 3 is 2.61 bits per heavy atom. The molecule has 10 nitrogen and oxygen atoms in total. The molecule has 2 heterocycles. The first kappa shape index (κ1) is 28.0. The van der Waals surface area contributed by atoms with Gasteiger partial charge in [0.15, 0.2) is 6.29 Å². The van der Waals surface area contributed by atoms with Gasteiger partial charge in [0.1, 0.15) is 6.54 Å². The summed E-state index contributed by atoms with van der Waals surface area (Å²) in [6, 6.07) is 14.4. The number of β-amino-alcohol motifs (C(OH)–C–C–N with tert-alkyl or cyclic N) is 1. The molecule has 38 heavy (non-hydrogen) atoms. The highest BCUT2D eigenvalue weighted by atomic mass is 16.7. The smallest absolute Gasteiger partial charge is 0.325 e. The summed E-state index contributed by atoms with van der Waals surface area (Å²) in [5.41, 5.74) is 3.08. The van der Waals surface area contributed by atoms with Crippen LogP contribution in [0.1, 0.15) is 49.4 Å². The maximum Gasteiger partial charge on any atom is 0.325 e. The van der Waals surface area contributed by atoms with Crippen LogP contribution in [0.5, 0.6) is 0 Å². The fourth-order valence-corrected chi connectivity index (χ4v) is 4.86. The largest absolute Gasteiger partial charge is 0.465 e. The average molecular weight is 528 g/mol. The molecule has 2 aliphatic heterocycles. The van der Waals surface area contributed by atoms with Crippen LogP contribution >= 0.6 is 0 Å². The van der Waals surface area contributed by atoms with E-state index in [-0.39, 0.29) is 44.0 Å². The van der Waals surface area contributed by atoms with Gasteiger partial charge in [0.05, 0.1) is 31.5 Å². The normalized spacial score (nSPS) is 25.6. The van der Waals surface area contributed by atoms with Crippen LogP contribution in [0.2, 0.25) is 0 Å². The number of aliphatic hydroxyl groups excluding tert-OH is 2. The molecule has 0 spiro atoms. The fourth-order valence-electron chi connectivity index (χ4n) is 4.86. The number of esters is 1. The first-order valence-electron chi connectivity index (χ1n) is 13.1. The van der Waals surface area contributed by atoms with E-state index in [2.05, 4.69) is 22.5 Å². The maximum absolute atomic E-state index is 12.3. The van der Waals surface area contributed by atoms with Gasteiger partial charge in [0.2, 0.25) is 0 Å². The van der Waals surface area contributed by atoms with Crippen molar-refractivity contribution in [3.8, 4) is 0 Å². The standard InChI is InChI=1S/C28H37N3O7/c1-3-36-25(34)14-29-28(35)30-22-6-4-5-21(13-22)27-37-24(16-31-12-11-23(33)15-31)18(2)26(38-27)20-9-7-19(17-32)8-10-20/h4-10,13,18,23-24,26-27,32-33H,3,11-12,14-17H2,1-2H3,(H2,29,30,35). The van der Waals surface area contributed by atoms with E-state index in [1.807, 2.05) is 30.3 Å². The van der Waals surface area contributed by atoms with Crippen LogP contribution in [0, 0.1) is 5.92 Å². The van der Waals surface area contributed by atoms with Crippen molar-refractivity contribution in [3.05, 3.63) is 65.2 Å². The number of aliphatic hydroxyl groups is 2. The van der Waals surface area contributed by atoms with Crippen molar-refractivity contribution in [2.45, 2.75) is 51.5 Å². The Balaban J connectivity index is 1.50. The van der Waals surface area contributed by atoms with Gasteiger partial charge >= 0.3 is 12.0 Å². The zero-order valence-electron chi connectivity index (χ0n) is 21.8. The molecule has 2 fully saturated rings. The van der Waals surface area contributed by atoms with Crippen LogP contribution < -0.4 is 10.6 Å². The number of ether oxygens (including phenoxy) is 3. The van der Waals surface area contributed by atoms with Crippen LogP contribution in [0.4, 0.5) is 10.5 Å². The molecule has 5 atom stereocenters. The highest BCUT2D eigenvalue weighted by Gasteiger charge is 2.40. The maximum atomic E-state index is 12.3. The number of likely N-dealkylation sites (tertiary alicyclic amines) is 1. The molecular formula is C28H37N3O7. The van der Waals surface area contributed by atoms with E-state index in [4.69, 9.17) is 14.2 Å². The number of benzene rings is 2. The van der Waals surface area contributed by atoms with Crippen LogP contribution in [-0.4, -0.2) is 72.1 Å². The number of rotatable bonds is 9. The highest BCUT2D eigenvalue weighted by molar-refractivity contribution is 5.91. The zero-order valence-corrected chi connectivity index (χ0v) is 21.8. The molecule has 5 unspecified atom stereocenters. The van der Waals surface area contributed by atoms with Crippen LogP contribution in [0.25, 0.3) is 0 Å². The lowest BCUT2D eigenvalue weighted by molar-refractivity contribution is -0.276. The molecule has 4 rings (SSSR count). The molecule has 2 saturated heterocycles. The number of nitrogens with zero attached hydrogens (tertiary/aromatic N) is 1. The SMILES string of the molecule is CCOC(=O)CNC(=O)Nc1cccc(C2OC(CN3CCC(O)C3)C(C)C(c3ccc(CO)cc3)O2)c1. The van der Waals surface area contributed by atoms with Crippen molar-refractivity contribution in [3.63, 3.8) is 0 Å². The third-order valence-electron chi connectivity index (χ3n) is 6.92. The summed E-state index contributed by atoms with van der Waals surface area (Å²) in [6.45, 7) is 5.89. The first-order chi connectivity index (χ1) is 18.4. The zero-order chi connectivity index (χ0) is 27.1. The highest BCUT2D eigenvalue weighted by Crippen LogP contribution is 2.42. The Labute approximate surface area is 222 Å². The Hall–Kier alpha value is -3.02. The van der Waals surface area contributed by atoms with Gasteiger partial charge in [-0.1, -0.05) is 43.3 Å². The first-order valence-corrected chi connectivity index (χ1v) is 13.1. The van der Waals surface area contributed by atoms with Gasteiger partial charge in [-0.15, -0.1) is 0 Å². The lowest BCUT2D eigenvalue weighted by atomic mass is 9.90. The van der Waals surface area contributed by atoms with Crippen LogP contribution in [0.3, 0.4) is 0 Å². The number of anilines is 1. The molecule has 0 aliphatic carbocycles. The summed E-state index contributed by atoms with van der Waals surface area (Å²) < 4.78 is 17.8. The van der Waals surface area contributed by atoms with Crippen molar-refractivity contribution >= 4 is 17.7 Å². The number of hydrogen-bond acceptors (Lipinski definition) is 8. The van der Waals surface area contributed by atoms with Crippen LogP contribution in [-0.2, 0) is 25.6 Å². The van der Waals surface area contributed by atoms with Gasteiger partial charge in [-0.2, -0.15) is 0 Å². The number of urea groups is 1. The van der Waals surface area contributed by atoms with Gasteiger partial charge in [0.25, 0.3) is 0 Å². The number of nitrogens with one attached hydrogen (secondary N) is 2. The van der Waals surface area contributed by atoms with Gasteiger partial charge in [-0.25, -0.2) is 4.79 Å². The van der Waals surface area contributed by atoms with E-state index < -0.39 is 18.3 Å². The quantitative estimate of drug-likeness (QED) is 0.367. The molecule has 0 aromatic heterocycles. The summed E-state index contributed by atoms with van der Waals surface area (Å²) in [4.78, 5) is 26.0. The third kappa shape index (κ3) is 7.30. The average Bonchev–Trinajstić information content (AvgIpc) is 3.33. The molecule has 0 radical (unpaired) electrons. The van der Waals surface area contributed by atoms with Crippen molar-refractivity contribution in [2.75, 3.05) is 38.1 Å². The molecular weight excluding hydrogens is 490 g/mol. The molecule has 206 valence electrons. The van der Waals surface area contributed by atoms with Crippen molar-refractivity contribution in [1.82, 2.24) is 10.2 Å². The summed E-state index contributed by atoms with van der Waals surface area (Å²) >= 11 is 0. The molecule has 10 heteroatoms. The summed E-state index contributed by atoms with van der Waals surface area (Å²) in [5, 5.41) is 24.7. The van der Waals surface area contributed by atoms with Gasteiger partial charge < -0.3 is 35.1 Å². The molecule has 4 N–H and O–H groups in total. The van der Waals surface area contributed by atoms with E-state index in [1.54, 1.807) is 25.1 Å². The van der Waals surface area contributed by atoms with Gasteiger partial charge in [0, 0.05) is 36.8 Å². The Kier molecular flexibility index (Phi) is 9.70. The summed E-state index contributed by atoms with van der Waals surface area (Å²) in [7, 11) is 0. The minimum Gasteiger partial charge on any atom is -0.465 e. The van der Waals surface area contributed by atoms with Crippen molar-refractivity contribution < 1.29 is 34.0 Å². The second-order valence-corrected chi connectivity index (χ2v) is 9.76. The Bertz CT molecular complexity index is 1080. The van der Waals surface area contributed by atoms with E-state index in [0.29, 0.717) is 18.8 Å². The third-order valence-corrected chi connectivity index (χ3v) is 6.92. The number of amides is 2. The van der Waals surface area contributed by atoms with Gasteiger partial charge in [-0.05, 0) is 36.6 Å². The summed E-state index contributed by atoms with van der Waals surface area (Å²) in [5.74, 6) is -0.483. The summed E-state index contributed by atoms with van der Waals surface area (Å²) in [6.07, 6.45) is -0.676. The Morgan fingerprint density at radius 2 is 1.92 bits per heavy atom. The molecule has 0 bridgehead atoms. The minimum absolute atomic E-state index is 0.0268. The number of carbonyl (C=O) groups excluding carboxylic acids is 2. The Morgan fingerprint density at radius 1 is 1.13 bits per heavy atom. The second kappa shape index (κ2) is 13.2. The van der Waals surface area contributed by atoms with E-state index >= 15 is 0 Å². The lowest BCUT2D eigenvalue weighted by Crippen LogP contribution is -2.44. The topological polar surface area (TPSA) is 130 Å². The predicted molar refractivity (Wildman–Crippen MR) is 140 cm³/mol. The van der Waals surface area contributed by atoms with Crippen LogP contribution in [0.15, 0.2) is 48.5 Å². The monoisotopic (exact) mass is 527 g/mol. The molecule has 2 aromatic rings. The molecule has 0 saturated carbocycles. The van der Waals surface area contributed by atoms with Gasteiger partial charge in [-0.3, -0.25) is 9.69 Å². The van der Waals surface area contributed by atoms with Crippen molar-refractivity contribution in [1.29, 1.82) is 0 Å². The predicted octanol–water partition coefficient (Wildman–Crippen LogP) is 2.72. The second-order valence-electron chi connectivity index (χ2n) is 9.76. The van der Waals surface area contributed by atoms with E-state index in [0.717, 1.165) is 29.7 Å². The van der Waals surface area contributed by atoms with Crippen molar-refractivity contribution in [2.24, 2.45) is 5.92 Å². The van der Waals surface area contributed by atoms with E-state index in [9.17, 15) is 19.8 Å². The minimum atomic E-state index is -0.685. The molecule has 2 amide bonds. The fraction of sp³-hybridized carbons (Fsp3) is 0.500. The van der Waals surface area contributed by atoms with E-state index in [1.165, 1.54) is 0 Å². The number of carbonyl (C=O) groups is 2. The lowest BCUT2D eigenvalue weighted by Gasteiger charge is -2.42. The number of hydrogen-bond donors (Lipinski definition) is 4. The molecule has 2 aromatic carbocycles.